The number of aryl methyl sites for hydroxylation is 2. The van der Waals surface area contributed by atoms with Crippen LogP contribution in [0.5, 0.6) is 0 Å². The largest absolute Gasteiger partial charge is 0.340 e. The van der Waals surface area contributed by atoms with Crippen LogP contribution < -0.4 is 10.6 Å². The van der Waals surface area contributed by atoms with E-state index in [0.717, 1.165) is 40.2 Å². The van der Waals surface area contributed by atoms with Crippen LogP contribution in [-0.2, 0) is 14.4 Å². The van der Waals surface area contributed by atoms with E-state index in [4.69, 9.17) is 0 Å². The Morgan fingerprint density at radius 3 is 2.80 bits per heavy atom. The molecule has 0 saturated carbocycles. The second kappa shape index (κ2) is 8.52. The van der Waals surface area contributed by atoms with E-state index in [-0.39, 0.29) is 23.6 Å². The molecular formula is C23H25N3O3S. The van der Waals surface area contributed by atoms with Gasteiger partial charge in [-0.3, -0.25) is 14.4 Å². The number of anilines is 2. The van der Waals surface area contributed by atoms with Gasteiger partial charge < -0.3 is 15.5 Å². The van der Waals surface area contributed by atoms with Crippen molar-refractivity contribution in [1.29, 1.82) is 0 Å². The number of carbonyl (C=O) groups excluding carboxylic acids is 3. The lowest BCUT2D eigenvalue weighted by Crippen LogP contribution is -2.50. The first-order valence-corrected chi connectivity index (χ1v) is 11.0. The van der Waals surface area contributed by atoms with E-state index in [2.05, 4.69) is 10.6 Å². The van der Waals surface area contributed by atoms with E-state index in [1.807, 2.05) is 56.3 Å². The monoisotopic (exact) mass is 423 g/mol. The van der Waals surface area contributed by atoms with E-state index < -0.39 is 5.25 Å². The van der Waals surface area contributed by atoms with E-state index >= 15 is 0 Å². The van der Waals surface area contributed by atoms with Crippen molar-refractivity contribution in [3.8, 4) is 0 Å². The van der Waals surface area contributed by atoms with E-state index in [1.54, 1.807) is 4.90 Å². The van der Waals surface area contributed by atoms with Gasteiger partial charge in [-0.05, 0) is 56.0 Å². The molecule has 4 rings (SSSR count). The quantitative estimate of drug-likeness (QED) is 0.740. The number of nitrogens with zero attached hydrogens (tertiary/aromatic N) is 1. The summed E-state index contributed by atoms with van der Waals surface area (Å²) in [6, 6.07) is 13.4. The maximum atomic E-state index is 13.1. The highest BCUT2D eigenvalue weighted by atomic mass is 32.2. The van der Waals surface area contributed by atoms with Crippen molar-refractivity contribution in [2.45, 2.75) is 36.8 Å². The van der Waals surface area contributed by atoms with Crippen LogP contribution in [-0.4, -0.2) is 41.0 Å². The zero-order chi connectivity index (χ0) is 21.3. The lowest BCUT2D eigenvalue weighted by molar-refractivity contribution is -0.136. The van der Waals surface area contributed by atoms with Crippen LogP contribution in [0.15, 0.2) is 47.4 Å². The van der Waals surface area contributed by atoms with Crippen LogP contribution in [0, 0.1) is 19.8 Å². The van der Waals surface area contributed by atoms with Crippen LogP contribution in [0.4, 0.5) is 11.4 Å². The molecule has 1 fully saturated rings. The molecule has 0 aromatic heterocycles. The van der Waals surface area contributed by atoms with Gasteiger partial charge in [-0.1, -0.05) is 24.3 Å². The summed E-state index contributed by atoms with van der Waals surface area (Å²) < 4.78 is 0. The Hall–Kier alpha value is -2.80. The van der Waals surface area contributed by atoms with Gasteiger partial charge in [0.1, 0.15) is 0 Å². The number of para-hydroxylation sites is 1. The number of likely N-dealkylation sites (tertiary alicyclic amines) is 1. The van der Waals surface area contributed by atoms with Crippen LogP contribution in [0.3, 0.4) is 0 Å². The molecule has 0 spiro atoms. The van der Waals surface area contributed by atoms with Crippen LogP contribution in [0.1, 0.15) is 24.0 Å². The van der Waals surface area contributed by atoms with Crippen molar-refractivity contribution in [3.63, 3.8) is 0 Å². The zero-order valence-electron chi connectivity index (χ0n) is 17.1. The third-order valence-corrected chi connectivity index (χ3v) is 6.87. The molecule has 2 atom stereocenters. The maximum Gasteiger partial charge on any atom is 0.247 e. The highest BCUT2D eigenvalue weighted by Crippen LogP contribution is 2.36. The first-order chi connectivity index (χ1) is 14.4. The Labute approximate surface area is 180 Å². The molecule has 2 N–H and O–H groups in total. The number of nitrogens with one attached hydrogen (secondary N) is 2. The van der Waals surface area contributed by atoms with Crippen molar-refractivity contribution in [1.82, 2.24) is 4.90 Å². The number of benzene rings is 2. The Morgan fingerprint density at radius 1 is 1.17 bits per heavy atom. The molecule has 156 valence electrons. The number of hydrogen-bond donors (Lipinski definition) is 2. The van der Waals surface area contributed by atoms with Gasteiger partial charge in [-0.25, -0.2) is 0 Å². The first-order valence-electron chi connectivity index (χ1n) is 10.2. The van der Waals surface area contributed by atoms with E-state index in [0.29, 0.717) is 13.1 Å². The molecule has 2 heterocycles. The Morgan fingerprint density at radius 2 is 1.97 bits per heavy atom. The molecule has 6 nitrogen and oxygen atoms in total. The number of piperidine rings is 1. The predicted octanol–water partition coefficient (Wildman–Crippen LogP) is 3.59. The molecule has 7 heteroatoms. The van der Waals surface area contributed by atoms with Gasteiger partial charge in [0.2, 0.25) is 17.7 Å². The van der Waals surface area contributed by atoms with E-state index in [1.165, 1.54) is 11.8 Å². The summed E-state index contributed by atoms with van der Waals surface area (Å²) in [4.78, 5) is 41.0. The van der Waals surface area contributed by atoms with Crippen molar-refractivity contribution < 1.29 is 14.4 Å². The normalized spacial score (nSPS) is 20.9. The highest BCUT2D eigenvalue weighted by Gasteiger charge is 2.38. The number of thioether (sulfide) groups is 1. The van der Waals surface area contributed by atoms with Crippen LogP contribution in [0.2, 0.25) is 0 Å². The van der Waals surface area contributed by atoms with Crippen LogP contribution >= 0.6 is 11.8 Å². The second-order valence-corrected chi connectivity index (χ2v) is 9.06. The third kappa shape index (κ3) is 4.21. The molecule has 3 amide bonds. The summed E-state index contributed by atoms with van der Waals surface area (Å²) in [5.41, 5.74) is 3.63. The topological polar surface area (TPSA) is 78.5 Å². The molecule has 30 heavy (non-hydrogen) atoms. The predicted molar refractivity (Wildman–Crippen MR) is 119 cm³/mol. The lowest BCUT2D eigenvalue weighted by atomic mass is 9.96. The Bertz CT molecular complexity index is 1010. The SMILES string of the molecule is Cc1ccc(C)c(NC(=O)[C@H]2CCCN(C(=O)[C@H]3Sc4ccccc4NC3=O)C2)c1. The van der Waals surface area contributed by atoms with Crippen molar-refractivity contribution in [3.05, 3.63) is 53.6 Å². The molecule has 2 aliphatic rings. The summed E-state index contributed by atoms with van der Waals surface area (Å²) >= 11 is 1.28. The van der Waals surface area contributed by atoms with Gasteiger partial charge >= 0.3 is 0 Å². The second-order valence-electron chi connectivity index (χ2n) is 7.91. The van der Waals surface area contributed by atoms with Gasteiger partial charge in [-0.15, -0.1) is 11.8 Å². The summed E-state index contributed by atoms with van der Waals surface area (Å²) in [6.07, 6.45) is 1.47. The number of amides is 3. The Kier molecular flexibility index (Phi) is 5.81. The molecule has 2 aromatic rings. The summed E-state index contributed by atoms with van der Waals surface area (Å²) in [5, 5.41) is 5.02. The van der Waals surface area contributed by atoms with Gasteiger partial charge in [0.15, 0.2) is 5.25 Å². The molecule has 2 aromatic carbocycles. The van der Waals surface area contributed by atoms with Crippen molar-refractivity contribution >= 4 is 40.9 Å². The molecule has 1 saturated heterocycles. The minimum absolute atomic E-state index is 0.0766. The molecule has 2 aliphatic heterocycles. The summed E-state index contributed by atoms with van der Waals surface area (Å²) in [7, 11) is 0. The molecule has 0 bridgehead atoms. The number of hydrogen-bond acceptors (Lipinski definition) is 4. The molecule has 0 aliphatic carbocycles. The lowest BCUT2D eigenvalue weighted by Gasteiger charge is -2.35. The van der Waals surface area contributed by atoms with Crippen molar-refractivity contribution in [2.75, 3.05) is 23.7 Å². The minimum atomic E-state index is -0.819. The maximum absolute atomic E-state index is 13.1. The van der Waals surface area contributed by atoms with Gasteiger partial charge in [0, 0.05) is 23.7 Å². The van der Waals surface area contributed by atoms with Crippen molar-refractivity contribution in [2.24, 2.45) is 5.92 Å². The number of rotatable bonds is 3. The fourth-order valence-corrected chi connectivity index (χ4v) is 4.95. The highest BCUT2D eigenvalue weighted by molar-refractivity contribution is 8.01. The Balaban J connectivity index is 1.43. The van der Waals surface area contributed by atoms with Crippen LogP contribution in [0.25, 0.3) is 0 Å². The third-order valence-electron chi connectivity index (χ3n) is 5.61. The smallest absolute Gasteiger partial charge is 0.247 e. The van der Waals surface area contributed by atoms with Gasteiger partial charge in [0.05, 0.1) is 11.6 Å². The fourth-order valence-electron chi connectivity index (χ4n) is 3.88. The number of carbonyl (C=O) groups is 3. The average molecular weight is 424 g/mol. The summed E-state index contributed by atoms with van der Waals surface area (Å²) in [5.74, 6) is -0.888. The standard InChI is InChI=1S/C23H25N3O3S/c1-14-9-10-15(2)18(12-14)25-21(27)16-6-5-11-26(13-16)23(29)20-22(28)24-17-7-3-4-8-19(17)30-20/h3-4,7-10,12,16,20H,5-6,11,13H2,1-2H3,(H,24,28)(H,25,27)/t16-,20-/m0/s1. The fraction of sp³-hybridized carbons (Fsp3) is 0.348. The molecule has 0 radical (unpaired) electrons. The summed E-state index contributed by atoms with van der Waals surface area (Å²) in [6.45, 7) is 4.85. The van der Waals surface area contributed by atoms with Gasteiger partial charge in [-0.2, -0.15) is 0 Å². The number of fused-ring (bicyclic) bond motifs is 1. The van der Waals surface area contributed by atoms with E-state index in [9.17, 15) is 14.4 Å². The van der Waals surface area contributed by atoms with Gasteiger partial charge in [0.25, 0.3) is 0 Å². The minimum Gasteiger partial charge on any atom is -0.340 e. The zero-order valence-corrected chi connectivity index (χ0v) is 17.9. The average Bonchev–Trinajstić information content (AvgIpc) is 2.75. The molecular weight excluding hydrogens is 398 g/mol. The first kappa shape index (κ1) is 20.5. The molecule has 0 unspecified atom stereocenters.